The molecule has 0 saturated heterocycles. The van der Waals surface area contributed by atoms with Crippen molar-refractivity contribution in [3.05, 3.63) is 205 Å². The Morgan fingerprint density at radius 3 is 1.05 bits per heavy atom. The third kappa shape index (κ3) is 10.5. The maximum absolute atomic E-state index is 2.35. The molecule has 2 aromatic heterocycles. The van der Waals surface area contributed by atoms with Crippen LogP contribution in [0.4, 0.5) is 0 Å². The van der Waals surface area contributed by atoms with Crippen molar-refractivity contribution in [1.29, 1.82) is 0 Å². The minimum Gasteiger partial charge on any atom is -1.00 e. The van der Waals surface area contributed by atoms with Crippen LogP contribution in [0.25, 0.3) is 85.6 Å². The number of rotatable bonds is 6. The zero-order valence-electron chi connectivity index (χ0n) is 36.5. The number of hydrogen-bond acceptors (Lipinski definition) is 2. The first kappa shape index (κ1) is 47.9. The van der Waals surface area contributed by atoms with Gasteiger partial charge in [0.25, 0.3) is 0 Å². The molecule has 312 valence electrons. The standard InChI is InChI=1S/2C29H25S.2ClH.Zr/c2*1-29(2,3)24-14-12-20(13-15-24)25-11-7-10-22-18-23(19-26(22)25)28-17-16-27(30-28)21-8-5-4-6-9-21;;;/h2*4-19H,1-3H3;2*1H;/q2*-1;;;+4/p-2. The van der Waals surface area contributed by atoms with Gasteiger partial charge in [-0.15, -0.1) is 69.1 Å². The molecule has 0 amide bonds. The summed E-state index contributed by atoms with van der Waals surface area (Å²) in [4.78, 5) is 5.26. The summed E-state index contributed by atoms with van der Waals surface area (Å²) in [5, 5.41) is 5.26. The van der Waals surface area contributed by atoms with Crippen LogP contribution in [0.2, 0.25) is 0 Å². The van der Waals surface area contributed by atoms with E-state index in [1.54, 1.807) is 0 Å². The van der Waals surface area contributed by atoms with Gasteiger partial charge in [0, 0.05) is 9.75 Å². The predicted octanol–water partition coefficient (Wildman–Crippen LogP) is 11.8. The molecule has 0 radical (unpaired) electrons. The first-order chi connectivity index (χ1) is 29.0. The third-order valence-corrected chi connectivity index (χ3v) is 13.9. The molecule has 0 spiro atoms. The molecule has 0 unspecified atom stereocenters. The number of halogens is 2. The van der Waals surface area contributed by atoms with E-state index in [1.807, 2.05) is 22.7 Å². The van der Waals surface area contributed by atoms with Gasteiger partial charge in [-0.25, -0.2) is 0 Å². The normalized spacial score (nSPS) is 11.3. The van der Waals surface area contributed by atoms with Gasteiger partial charge >= 0.3 is 26.2 Å². The van der Waals surface area contributed by atoms with Crippen molar-refractivity contribution in [2.45, 2.75) is 52.4 Å². The molecular formula is C58H50Cl2S2Zr. The fourth-order valence-electron chi connectivity index (χ4n) is 8.06. The minimum absolute atomic E-state index is 0. The van der Waals surface area contributed by atoms with Crippen molar-refractivity contribution < 1.29 is 51.0 Å². The van der Waals surface area contributed by atoms with E-state index in [4.69, 9.17) is 0 Å². The molecule has 2 heterocycles. The Morgan fingerprint density at radius 2 is 0.698 bits per heavy atom. The molecule has 0 aliphatic heterocycles. The van der Waals surface area contributed by atoms with Gasteiger partial charge in [0.05, 0.1) is 0 Å². The quantitative estimate of drug-likeness (QED) is 0.146. The largest absolute Gasteiger partial charge is 4.00 e. The molecule has 0 atom stereocenters. The van der Waals surface area contributed by atoms with Gasteiger partial charge in [0.1, 0.15) is 0 Å². The Hall–Kier alpha value is -4.60. The monoisotopic (exact) mass is 970 g/mol. The Bertz CT molecular complexity index is 2810. The second-order valence-corrected chi connectivity index (χ2v) is 20.0. The Morgan fingerprint density at radius 1 is 0.349 bits per heavy atom. The maximum atomic E-state index is 2.35. The SMILES string of the molecule is CC(C)(C)c1ccc(-c2cccc3[cH-]c(-c4ccc(-c5ccccc5)s4)cc23)cc1.CC(C)(C)c1ccc(-c2cccc3[cH-]c(-c4ccc(-c5ccccc5)s4)cc23)cc1.[Cl-].[Cl-].[Zr+4]. The summed E-state index contributed by atoms with van der Waals surface area (Å²) < 4.78 is 0. The van der Waals surface area contributed by atoms with Gasteiger partial charge in [0.2, 0.25) is 0 Å². The number of fused-ring (bicyclic) bond motifs is 2. The van der Waals surface area contributed by atoms with Crippen LogP contribution in [0.3, 0.4) is 0 Å². The van der Waals surface area contributed by atoms with E-state index < -0.39 is 0 Å². The van der Waals surface area contributed by atoms with E-state index in [0.717, 1.165) is 0 Å². The van der Waals surface area contributed by atoms with Gasteiger partial charge in [-0.1, -0.05) is 210 Å². The molecule has 10 aromatic rings. The Balaban J connectivity index is 0.000000200. The average molecular weight is 973 g/mol. The van der Waals surface area contributed by atoms with Crippen LogP contribution in [0, 0.1) is 0 Å². The van der Waals surface area contributed by atoms with Crippen molar-refractivity contribution in [2.75, 3.05) is 0 Å². The van der Waals surface area contributed by atoms with E-state index in [2.05, 4.69) is 236 Å². The van der Waals surface area contributed by atoms with E-state index >= 15 is 0 Å². The second-order valence-electron chi connectivity index (χ2n) is 17.8. The van der Waals surface area contributed by atoms with Gasteiger partial charge in [-0.05, 0) is 54.0 Å². The van der Waals surface area contributed by atoms with Crippen LogP contribution >= 0.6 is 22.7 Å². The molecule has 0 bridgehead atoms. The van der Waals surface area contributed by atoms with Crippen LogP contribution in [-0.2, 0) is 37.0 Å². The molecule has 0 nitrogen and oxygen atoms in total. The van der Waals surface area contributed by atoms with E-state index in [1.165, 1.54) is 96.7 Å². The summed E-state index contributed by atoms with van der Waals surface area (Å²) >= 11 is 3.72. The summed E-state index contributed by atoms with van der Waals surface area (Å²) in [6.07, 6.45) is 0. The number of thiophene rings is 2. The summed E-state index contributed by atoms with van der Waals surface area (Å²) in [7, 11) is 0. The molecule has 0 aliphatic carbocycles. The van der Waals surface area contributed by atoms with Crippen LogP contribution in [0.5, 0.6) is 0 Å². The van der Waals surface area contributed by atoms with Crippen molar-refractivity contribution >= 4 is 44.2 Å². The van der Waals surface area contributed by atoms with Crippen LogP contribution < -0.4 is 24.8 Å². The minimum atomic E-state index is 0. The van der Waals surface area contributed by atoms with Gasteiger partial charge in [0.15, 0.2) is 0 Å². The molecule has 10 rings (SSSR count). The summed E-state index contributed by atoms with van der Waals surface area (Å²) in [5.74, 6) is 0. The predicted molar refractivity (Wildman–Crippen MR) is 265 cm³/mol. The van der Waals surface area contributed by atoms with E-state index in [-0.39, 0.29) is 61.8 Å². The molecule has 5 heteroatoms. The van der Waals surface area contributed by atoms with Crippen molar-refractivity contribution in [3.63, 3.8) is 0 Å². The average Bonchev–Trinajstić information content (AvgIpc) is 4.10. The smallest absolute Gasteiger partial charge is 1.00 e. The third-order valence-electron chi connectivity index (χ3n) is 11.5. The summed E-state index contributed by atoms with van der Waals surface area (Å²) in [6, 6.07) is 70.9. The zero-order chi connectivity index (χ0) is 41.4. The molecule has 63 heavy (non-hydrogen) atoms. The van der Waals surface area contributed by atoms with E-state index in [0.29, 0.717) is 0 Å². The number of benzene rings is 6. The Labute approximate surface area is 413 Å². The fourth-order valence-corrected chi connectivity index (χ4v) is 10.1. The summed E-state index contributed by atoms with van der Waals surface area (Å²) in [5.41, 5.74) is 13.4. The second kappa shape index (κ2) is 20.1. The van der Waals surface area contributed by atoms with Crippen molar-refractivity contribution in [2.24, 2.45) is 0 Å². The van der Waals surface area contributed by atoms with Gasteiger partial charge < -0.3 is 24.8 Å². The molecule has 0 saturated carbocycles. The van der Waals surface area contributed by atoms with Crippen LogP contribution in [0.1, 0.15) is 52.7 Å². The van der Waals surface area contributed by atoms with Gasteiger partial charge in [-0.2, -0.15) is 22.7 Å². The zero-order valence-corrected chi connectivity index (χ0v) is 42.2. The first-order valence-corrected chi connectivity index (χ1v) is 22.5. The summed E-state index contributed by atoms with van der Waals surface area (Å²) in [6.45, 7) is 13.6. The van der Waals surface area contributed by atoms with Crippen molar-refractivity contribution in [1.82, 2.24) is 0 Å². The van der Waals surface area contributed by atoms with Crippen LogP contribution in [-0.4, -0.2) is 0 Å². The number of hydrogen-bond donors (Lipinski definition) is 0. The fraction of sp³-hybridized carbons (Fsp3) is 0.138. The van der Waals surface area contributed by atoms with E-state index in [9.17, 15) is 0 Å². The molecule has 0 N–H and O–H groups in total. The van der Waals surface area contributed by atoms with Crippen molar-refractivity contribution in [3.8, 4) is 64.0 Å². The maximum Gasteiger partial charge on any atom is 4.00 e. The molecule has 8 aromatic carbocycles. The van der Waals surface area contributed by atoms with Gasteiger partial charge in [-0.3, -0.25) is 0 Å². The van der Waals surface area contributed by atoms with Crippen LogP contribution in [0.15, 0.2) is 194 Å². The first-order valence-electron chi connectivity index (χ1n) is 20.9. The molecular weight excluding hydrogens is 923 g/mol. The molecule has 0 fully saturated rings. The Kier molecular flexibility index (Phi) is 15.2. The topological polar surface area (TPSA) is 0 Å². The molecule has 0 aliphatic rings.